The van der Waals surface area contributed by atoms with Crippen molar-refractivity contribution in [1.82, 2.24) is 4.98 Å². The molecule has 194 valence electrons. The topological polar surface area (TPSA) is 28.2 Å². The summed E-state index contributed by atoms with van der Waals surface area (Å²) in [5, 5.41) is 3.44. The second-order valence-electron chi connectivity index (χ2n) is 10.3. The summed E-state index contributed by atoms with van der Waals surface area (Å²) in [6.45, 7) is 19.8. The molecular weight excluding hydrogens is 474 g/mol. The number of fused-ring (bicyclic) bond motifs is 1. The second kappa shape index (κ2) is 11.0. The van der Waals surface area contributed by atoms with Gasteiger partial charge in [0.15, 0.2) is 0 Å². The van der Waals surface area contributed by atoms with Gasteiger partial charge in [0.05, 0.1) is 0 Å². The first kappa shape index (κ1) is 26.0. The highest BCUT2D eigenvalue weighted by Gasteiger charge is 2.19. The number of aromatic nitrogens is 1. The molecule has 3 nitrogen and oxygen atoms in total. The lowest BCUT2D eigenvalue weighted by molar-refractivity contribution is 0.967. The number of aryl methyl sites for hydroxylation is 2. The Kier molecular flexibility index (Phi) is 7.33. The van der Waals surface area contributed by atoms with Crippen molar-refractivity contribution in [1.29, 1.82) is 0 Å². The first-order valence-corrected chi connectivity index (χ1v) is 13.3. The first-order valence-electron chi connectivity index (χ1n) is 13.3. The minimum absolute atomic E-state index is 0.839. The van der Waals surface area contributed by atoms with E-state index >= 15 is 0 Å². The predicted octanol–water partition coefficient (Wildman–Crippen LogP) is 9.24. The molecule has 0 spiro atoms. The van der Waals surface area contributed by atoms with Crippen molar-refractivity contribution in [2.45, 2.75) is 27.2 Å². The molecule has 0 aliphatic carbocycles. The summed E-state index contributed by atoms with van der Waals surface area (Å²) in [4.78, 5) is 6.80. The highest BCUT2D eigenvalue weighted by atomic mass is 15.1. The van der Waals surface area contributed by atoms with Gasteiger partial charge in [-0.25, -0.2) is 0 Å². The summed E-state index contributed by atoms with van der Waals surface area (Å²) in [7, 11) is 0. The van der Waals surface area contributed by atoms with Gasteiger partial charge in [-0.15, -0.1) is 0 Å². The van der Waals surface area contributed by atoms with E-state index in [0.29, 0.717) is 0 Å². The molecule has 0 radical (unpaired) electrons. The molecule has 39 heavy (non-hydrogen) atoms. The fraction of sp³-hybridized carbons (Fsp3) is 0.139. The summed E-state index contributed by atoms with van der Waals surface area (Å²) in [6.07, 6.45) is 5.12. The molecule has 0 unspecified atom stereocenters. The molecule has 1 aliphatic rings. The number of hydrogen-bond donors (Lipinski definition) is 1. The van der Waals surface area contributed by atoms with Crippen LogP contribution in [-0.4, -0.2) is 11.5 Å². The Morgan fingerprint density at radius 1 is 0.872 bits per heavy atom. The number of para-hydroxylation sites is 1. The molecule has 1 aromatic heterocycles. The molecule has 3 aromatic carbocycles. The van der Waals surface area contributed by atoms with Gasteiger partial charge in [0.1, 0.15) is 0 Å². The summed E-state index contributed by atoms with van der Waals surface area (Å²) < 4.78 is 0. The predicted molar refractivity (Wildman–Crippen MR) is 169 cm³/mol. The molecule has 1 N–H and O–H groups in total. The zero-order chi connectivity index (χ0) is 27.5. The van der Waals surface area contributed by atoms with Gasteiger partial charge in [-0.3, -0.25) is 4.98 Å². The molecule has 3 heteroatoms. The number of pyridine rings is 1. The van der Waals surface area contributed by atoms with Gasteiger partial charge in [0.25, 0.3) is 0 Å². The van der Waals surface area contributed by atoms with Crippen LogP contribution in [0.2, 0.25) is 0 Å². The Bertz CT molecular complexity index is 1590. The largest absolute Gasteiger partial charge is 0.355 e. The first-order chi connectivity index (χ1) is 18.8. The van der Waals surface area contributed by atoms with Crippen LogP contribution < -0.4 is 10.2 Å². The maximum atomic E-state index is 4.52. The van der Waals surface area contributed by atoms with Gasteiger partial charge in [-0.05, 0) is 90.9 Å². The lowest BCUT2D eigenvalue weighted by Gasteiger charge is -2.27. The third-order valence-electron chi connectivity index (χ3n) is 7.30. The van der Waals surface area contributed by atoms with E-state index < -0.39 is 0 Å². The average molecular weight is 510 g/mol. The van der Waals surface area contributed by atoms with E-state index in [1.54, 1.807) is 0 Å². The van der Waals surface area contributed by atoms with Crippen LogP contribution in [-0.2, 0) is 0 Å². The standard InChI is InChI=1S/C36H35N3/c1-24(2)29-11-13-31(14-12-29)32-19-20-39(36-10-8-7-9-33(36)22-32)28(6)30-15-17-34(18-16-30)38-27(5)35-21-25(3)23-37-26(35)4/h7-18,21-23,38H,1,5-6,19-20H2,2-4H3. The molecule has 0 saturated heterocycles. The molecule has 0 fully saturated rings. The van der Waals surface area contributed by atoms with Crippen molar-refractivity contribution < 1.29 is 0 Å². The van der Waals surface area contributed by atoms with Gasteiger partial charge >= 0.3 is 0 Å². The molecule has 2 heterocycles. The quantitative estimate of drug-likeness (QED) is 0.269. The third-order valence-corrected chi connectivity index (χ3v) is 7.30. The van der Waals surface area contributed by atoms with Crippen LogP contribution in [0.15, 0.2) is 105 Å². The van der Waals surface area contributed by atoms with E-state index in [1.165, 1.54) is 28.0 Å². The Labute approximate surface area is 232 Å². The minimum Gasteiger partial charge on any atom is -0.355 e. The normalized spacial score (nSPS) is 12.7. The molecule has 0 atom stereocenters. The van der Waals surface area contributed by atoms with Crippen LogP contribution in [0.4, 0.5) is 11.4 Å². The summed E-state index contributed by atoms with van der Waals surface area (Å²) in [6, 6.07) is 27.8. The molecule has 1 aliphatic heterocycles. The van der Waals surface area contributed by atoms with Crippen molar-refractivity contribution in [2.75, 3.05) is 16.8 Å². The number of anilines is 2. The zero-order valence-corrected chi connectivity index (χ0v) is 23.1. The van der Waals surface area contributed by atoms with Crippen molar-refractivity contribution in [3.63, 3.8) is 0 Å². The van der Waals surface area contributed by atoms with Gasteiger partial charge < -0.3 is 10.2 Å². The van der Waals surface area contributed by atoms with Crippen LogP contribution in [0.5, 0.6) is 0 Å². The number of rotatable bonds is 7. The molecular formula is C36H35N3. The number of benzene rings is 3. The lowest BCUT2D eigenvalue weighted by Crippen LogP contribution is -2.22. The van der Waals surface area contributed by atoms with Gasteiger partial charge in [0.2, 0.25) is 0 Å². The molecule has 0 amide bonds. The van der Waals surface area contributed by atoms with Gasteiger partial charge in [-0.1, -0.05) is 79.9 Å². The van der Waals surface area contributed by atoms with Gasteiger partial charge in [0, 0.05) is 46.8 Å². The monoisotopic (exact) mass is 509 g/mol. The second-order valence-corrected chi connectivity index (χ2v) is 10.3. The van der Waals surface area contributed by atoms with Crippen molar-refractivity contribution in [2.24, 2.45) is 0 Å². The summed E-state index contributed by atoms with van der Waals surface area (Å²) >= 11 is 0. The minimum atomic E-state index is 0.839. The highest BCUT2D eigenvalue weighted by molar-refractivity contribution is 5.92. The zero-order valence-electron chi connectivity index (χ0n) is 23.1. The highest BCUT2D eigenvalue weighted by Crippen LogP contribution is 2.36. The van der Waals surface area contributed by atoms with Crippen LogP contribution in [0.25, 0.3) is 28.6 Å². The maximum Gasteiger partial charge on any atom is 0.0484 e. The SMILES string of the molecule is C=C(C)c1ccc(C2=Cc3ccccc3N(C(=C)c3ccc(NC(=C)c4cc(C)cnc4C)cc3)CC2)cc1. The molecule has 4 aromatic rings. The number of allylic oxidation sites excluding steroid dienone is 1. The maximum absolute atomic E-state index is 4.52. The fourth-order valence-corrected chi connectivity index (χ4v) is 5.03. The number of nitrogens with zero attached hydrogens (tertiary/aromatic N) is 2. The van der Waals surface area contributed by atoms with E-state index in [-0.39, 0.29) is 0 Å². The molecule has 0 bridgehead atoms. The smallest absolute Gasteiger partial charge is 0.0484 e. The van der Waals surface area contributed by atoms with Crippen molar-refractivity contribution in [3.8, 4) is 0 Å². The fourth-order valence-electron chi connectivity index (χ4n) is 5.03. The van der Waals surface area contributed by atoms with Crippen LogP contribution in [0.1, 0.15) is 52.4 Å². The Morgan fingerprint density at radius 3 is 2.28 bits per heavy atom. The number of nitrogens with one attached hydrogen (secondary N) is 1. The third kappa shape index (κ3) is 5.63. The Balaban J connectivity index is 1.35. The summed E-state index contributed by atoms with van der Waals surface area (Å²) in [5.74, 6) is 0. The van der Waals surface area contributed by atoms with Crippen molar-refractivity contribution >= 4 is 40.0 Å². The Hall–Kier alpha value is -4.63. The van der Waals surface area contributed by atoms with Crippen LogP contribution in [0, 0.1) is 13.8 Å². The van der Waals surface area contributed by atoms with Crippen LogP contribution in [0.3, 0.4) is 0 Å². The van der Waals surface area contributed by atoms with E-state index in [0.717, 1.165) is 58.0 Å². The van der Waals surface area contributed by atoms with Gasteiger partial charge in [-0.2, -0.15) is 0 Å². The average Bonchev–Trinajstić information content (AvgIpc) is 3.14. The number of hydrogen-bond acceptors (Lipinski definition) is 3. The van der Waals surface area contributed by atoms with Crippen LogP contribution >= 0.6 is 0 Å². The Morgan fingerprint density at radius 2 is 1.56 bits per heavy atom. The lowest BCUT2D eigenvalue weighted by atomic mass is 9.98. The van der Waals surface area contributed by atoms with Crippen molar-refractivity contribution in [3.05, 3.63) is 144 Å². The molecule has 5 rings (SSSR count). The van der Waals surface area contributed by atoms with E-state index in [1.807, 2.05) is 27.0 Å². The van der Waals surface area contributed by atoms with E-state index in [2.05, 4.69) is 120 Å². The summed E-state index contributed by atoms with van der Waals surface area (Å²) in [5.41, 5.74) is 14.2. The van der Waals surface area contributed by atoms with E-state index in [4.69, 9.17) is 0 Å². The van der Waals surface area contributed by atoms with E-state index in [9.17, 15) is 0 Å². The molecule has 0 saturated carbocycles.